The topological polar surface area (TPSA) is 68.5 Å². The minimum absolute atomic E-state index is 0.207. The molecule has 0 saturated carbocycles. The monoisotopic (exact) mass is 432 g/mol. The van der Waals surface area contributed by atoms with E-state index in [1.54, 1.807) is 47.0 Å². The highest BCUT2D eigenvalue weighted by Crippen LogP contribution is 2.33. The summed E-state index contributed by atoms with van der Waals surface area (Å²) < 4.78 is 7.06. The van der Waals surface area contributed by atoms with Gasteiger partial charge in [-0.1, -0.05) is 29.3 Å². The molecule has 0 bridgehead atoms. The van der Waals surface area contributed by atoms with E-state index in [0.717, 1.165) is 11.3 Å². The summed E-state index contributed by atoms with van der Waals surface area (Å²) >= 11 is 13.8. The van der Waals surface area contributed by atoms with Gasteiger partial charge in [0.1, 0.15) is 5.75 Å². The number of nitrogens with one attached hydrogen (secondary N) is 1. The average Bonchev–Trinajstić information content (AvgIpc) is 3.24. The van der Waals surface area contributed by atoms with Crippen molar-refractivity contribution < 1.29 is 9.53 Å². The number of hydrogen-bond donors (Lipinski definition) is 1. The predicted molar refractivity (Wildman–Crippen MR) is 112 cm³/mol. The summed E-state index contributed by atoms with van der Waals surface area (Å²) in [6, 6.07) is 12.2. The molecule has 0 fully saturated rings. The highest BCUT2D eigenvalue weighted by molar-refractivity contribution is 7.15. The lowest BCUT2D eigenvalue weighted by Crippen LogP contribution is -2.13. The number of benzene rings is 2. The van der Waals surface area contributed by atoms with Crippen molar-refractivity contribution in [2.45, 2.75) is 6.92 Å². The highest BCUT2D eigenvalue weighted by atomic mass is 35.5. The number of thiazole rings is 1. The van der Waals surface area contributed by atoms with Crippen LogP contribution in [-0.2, 0) is 0 Å². The number of aromatic nitrogens is 3. The van der Waals surface area contributed by atoms with E-state index in [1.807, 2.05) is 12.3 Å². The second kappa shape index (κ2) is 7.79. The summed E-state index contributed by atoms with van der Waals surface area (Å²) in [7, 11) is 0. The van der Waals surface area contributed by atoms with Crippen LogP contribution in [0.3, 0.4) is 0 Å². The summed E-state index contributed by atoms with van der Waals surface area (Å²) in [5, 5.41) is 10.1. The summed E-state index contributed by atoms with van der Waals surface area (Å²) in [4.78, 5) is 17.5. The third-order valence-corrected chi connectivity index (χ3v) is 5.30. The molecule has 0 radical (unpaired) electrons. The lowest BCUT2D eigenvalue weighted by Gasteiger charge is -2.05. The number of carbonyl (C=O) groups is 1. The van der Waals surface area contributed by atoms with Crippen LogP contribution in [0.5, 0.6) is 5.75 Å². The Bertz CT molecular complexity index is 1170. The van der Waals surface area contributed by atoms with Gasteiger partial charge in [-0.2, -0.15) is 4.98 Å². The van der Waals surface area contributed by atoms with Crippen molar-refractivity contribution in [1.29, 1.82) is 0 Å². The molecule has 0 aliphatic heterocycles. The van der Waals surface area contributed by atoms with E-state index in [4.69, 9.17) is 27.9 Å². The molecule has 1 N–H and O–H groups in total. The molecule has 0 aliphatic rings. The van der Waals surface area contributed by atoms with Gasteiger partial charge in [0.15, 0.2) is 0 Å². The Hall–Kier alpha value is -2.61. The maximum Gasteiger partial charge on any atom is 0.258 e. The van der Waals surface area contributed by atoms with Gasteiger partial charge >= 0.3 is 0 Å². The Kier molecular flexibility index (Phi) is 5.21. The summed E-state index contributed by atoms with van der Waals surface area (Å²) in [6.45, 7) is 2.41. The first-order valence-corrected chi connectivity index (χ1v) is 10.0. The Labute approximate surface area is 174 Å². The van der Waals surface area contributed by atoms with Crippen molar-refractivity contribution in [2.24, 2.45) is 0 Å². The van der Waals surface area contributed by atoms with Gasteiger partial charge in [-0.25, -0.2) is 4.52 Å². The third kappa shape index (κ3) is 3.69. The standard InChI is InChI=1S/C19H14Cl2N4O2S/c1-2-27-13-5-3-4-11(8-13)17(26)22-18-23-19-25(24-18)16(10-28-19)14-9-12(20)6-7-15(14)21/h3-10H,2H2,1H3,(H,22,24,26). The number of anilines is 1. The highest BCUT2D eigenvalue weighted by Gasteiger charge is 2.16. The molecule has 142 valence electrons. The number of nitrogens with zero attached hydrogens (tertiary/aromatic N) is 3. The van der Waals surface area contributed by atoms with Crippen LogP contribution in [0.15, 0.2) is 47.8 Å². The van der Waals surface area contributed by atoms with Crippen LogP contribution in [0.2, 0.25) is 10.0 Å². The van der Waals surface area contributed by atoms with Crippen LogP contribution in [-0.4, -0.2) is 27.1 Å². The first kappa shape index (κ1) is 18.7. The minimum Gasteiger partial charge on any atom is -0.494 e. The molecule has 4 rings (SSSR count). The summed E-state index contributed by atoms with van der Waals surface area (Å²) in [5.74, 6) is 0.520. The van der Waals surface area contributed by atoms with Crippen molar-refractivity contribution in [2.75, 3.05) is 11.9 Å². The molecule has 6 nitrogen and oxygen atoms in total. The minimum atomic E-state index is -0.317. The molecule has 0 saturated heterocycles. The van der Waals surface area contributed by atoms with Crippen LogP contribution in [0, 0.1) is 0 Å². The van der Waals surface area contributed by atoms with E-state index in [-0.39, 0.29) is 11.9 Å². The van der Waals surface area contributed by atoms with E-state index in [2.05, 4.69) is 15.4 Å². The first-order chi connectivity index (χ1) is 13.5. The molecule has 0 unspecified atom stereocenters. The molecule has 2 heterocycles. The van der Waals surface area contributed by atoms with Crippen molar-refractivity contribution in [3.05, 3.63) is 63.5 Å². The number of ether oxygens (including phenoxy) is 1. The molecule has 0 aliphatic carbocycles. The van der Waals surface area contributed by atoms with Crippen LogP contribution in [0.4, 0.5) is 5.95 Å². The molecule has 4 aromatic rings. The maximum atomic E-state index is 12.5. The molecule has 0 atom stereocenters. The molecule has 28 heavy (non-hydrogen) atoms. The zero-order valence-electron chi connectivity index (χ0n) is 14.6. The summed E-state index contributed by atoms with van der Waals surface area (Å²) in [6.07, 6.45) is 0. The Morgan fingerprint density at radius 1 is 1.25 bits per heavy atom. The van der Waals surface area contributed by atoms with Crippen LogP contribution < -0.4 is 10.1 Å². The van der Waals surface area contributed by atoms with E-state index < -0.39 is 0 Å². The van der Waals surface area contributed by atoms with Crippen molar-refractivity contribution in [1.82, 2.24) is 14.6 Å². The Morgan fingerprint density at radius 2 is 2.11 bits per heavy atom. The molecular weight excluding hydrogens is 419 g/mol. The molecule has 9 heteroatoms. The van der Waals surface area contributed by atoms with Crippen LogP contribution >= 0.6 is 34.5 Å². The van der Waals surface area contributed by atoms with Crippen molar-refractivity contribution >= 4 is 51.4 Å². The Balaban J connectivity index is 1.62. The van der Waals surface area contributed by atoms with Gasteiger partial charge < -0.3 is 4.74 Å². The fraction of sp³-hybridized carbons (Fsp3) is 0.105. The van der Waals surface area contributed by atoms with E-state index >= 15 is 0 Å². The van der Waals surface area contributed by atoms with Gasteiger partial charge in [-0.05, 0) is 43.3 Å². The van der Waals surface area contributed by atoms with Gasteiger partial charge in [0.05, 0.1) is 17.3 Å². The quantitative estimate of drug-likeness (QED) is 0.457. The first-order valence-electron chi connectivity index (χ1n) is 8.39. The maximum absolute atomic E-state index is 12.5. The second-order valence-electron chi connectivity index (χ2n) is 5.79. The van der Waals surface area contributed by atoms with E-state index in [9.17, 15) is 4.79 Å². The van der Waals surface area contributed by atoms with Crippen molar-refractivity contribution in [3.8, 4) is 17.0 Å². The Morgan fingerprint density at radius 3 is 2.93 bits per heavy atom. The van der Waals surface area contributed by atoms with Crippen LogP contribution in [0.1, 0.15) is 17.3 Å². The summed E-state index contributed by atoms with van der Waals surface area (Å²) in [5.41, 5.74) is 1.95. The SMILES string of the molecule is CCOc1cccc(C(=O)Nc2nc3scc(-c4cc(Cl)ccc4Cl)n3n2)c1. The van der Waals surface area contributed by atoms with Gasteiger partial charge in [0.25, 0.3) is 11.9 Å². The zero-order chi connectivity index (χ0) is 19.7. The number of hydrogen-bond acceptors (Lipinski definition) is 5. The molecule has 1 amide bonds. The molecule has 2 aromatic carbocycles. The predicted octanol–water partition coefficient (Wildman–Crippen LogP) is 5.42. The third-order valence-electron chi connectivity index (χ3n) is 3.92. The molecular formula is C19H14Cl2N4O2S. The van der Waals surface area contributed by atoms with Gasteiger partial charge in [-0.15, -0.1) is 16.4 Å². The van der Waals surface area contributed by atoms with Crippen molar-refractivity contribution in [3.63, 3.8) is 0 Å². The van der Waals surface area contributed by atoms with Gasteiger partial charge in [0.2, 0.25) is 4.96 Å². The molecule has 2 aromatic heterocycles. The van der Waals surface area contributed by atoms with E-state index in [0.29, 0.717) is 32.9 Å². The molecule has 0 spiro atoms. The van der Waals surface area contributed by atoms with Crippen LogP contribution in [0.25, 0.3) is 16.2 Å². The lowest BCUT2D eigenvalue weighted by molar-refractivity contribution is 0.102. The largest absolute Gasteiger partial charge is 0.494 e. The second-order valence-corrected chi connectivity index (χ2v) is 7.47. The fourth-order valence-corrected chi connectivity index (χ4v) is 3.89. The number of amides is 1. The van der Waals surface area contributed by atoms with E-state index in [1.165, 1.54) is 11.3 Å². The van der Waals surface area contributed by atoms with Gasteiger partial charge in [-0.3, -0.25) is 10.1 Å². The number of carbonyl (C=O) groups excluding carboxylic acids is 1. The number of rotatable bonds is 5. The smallest absolute Gasteiger partial charge is 0.258 e. The fourth-order valence-electron chi connectivity index (χ4n) is 2.68. The average molecular weight is 433 g/mol. The van der Waals surface area contributed by atoms with Gasteiger partial charge in [0, 0.05) is 21.5 Å². The lowest BCUT2D eigenvalue weighted by atomic mass is 10.2. The normalized spacial score (nSPS) is 11.0. The zero-order valence-corrected chi connectivity index (χ0v) is 17.0. The number of halogens is 2. The number of fused-ring (bicyclic) bond motifs is 1.